The minimum absolute atomic E-state index is 0.556. The van der Waals surface area contributed by atoms with Gasteiger partial charge in [-0.3, -0.25) is 4.90 Å². The second-order valence-electron chi connectivity index (χ2n) is 6.72. The van der Waals surface area contributed by atoms with E-state index in [2.05, 4.69) is 19.8 Å². The minimum Gasteiger partial charge on any atom is -0.481 e. The van der Waals surface area contributed by atoms with Crippen LogP contribution in [0.1, 0.15) is 19.3 Å². The number of anilines is 1. The van der Waals surface area contributed by atoms with Gasteiger partial charge in [0, 0.05) is 32.2 Å². The van der Waals surface area contributed by atoms with Crippen LogP contribution in [0, 0.1) is 11.8 Å². The molecule has 3 fully saturated rings. The Balaban J connectivity index is 1.39. The topological polar surface area (TPSA) is 50.7 Å². The van der Waals surface area contributed by atoms with Gasteiger partial charge in [0.15, 0.2) is 0 Å². The SMILES string of the molecule is COc1cc(OC)nc(N2CC(N3CC4CCCC4C3)C2)n1. The first-order valence-corrected chi connectivity index (χ1v) is 8.23. The van der Waals surface area contributed by atoms with Gasteiger partial charge in [0.1, 0.15) is 0 Å². The lowest BCUT2D eigenvalue weighted by atomic mass is 10.0. The van der Waals surface area contributed by atoms with Crippen molar-refractivity contribution in [3.8, 4) is 11.8 Å². The smallest absolute Gasteiger partial charge is 0.232 e. The van der Waals surface area contributed by atoms with Crippen LogP contribution in [0.3, 0.4) is 0 Å². The van der Waals surface area contributed by atoms with Crippen LogP contribution in [0.25, 0.3) is 0 Å². The van der Waals surface area contributed by atoms with Gasteiger partial charge < -0.3 is 14.4 Å². The van der Waals surface area contributed by atoms with Crippen molar-refractivity contribution in [3.05, 3.63) is 6.07 Å². The molecular formula is C16H24N4O2. The summed E-state index contributed by atoms with van der Waals surface area (Å²) in [6.07, 6.45) is 4.32. The molecule has 120 valence electrons. The zero-order valence-corrected chi connectivity index (χ0v) is 13.4. The highest BCUT2D eigenvalue weighted by atomic mass is 16.5. The van der Waals surface area contributed by atoms with Gasteiger partial charge in [0.05, 0.1) is 20.3 Å². The molecule has 1 aromatic heterocycles. The van der Waals surface area contributed by atoms with Crippen LogP contribution in [-0.4, -0.2) is 61.3 Å². The molecule has 3 aliphatic rings. The summed E-state index contributed by atoms with van der Waals surface area (Å²) in [6.45, 7) is 4.61. The summed E-state index contributed by atoms with van der Waals surface area (Å²) in [5, 5.41) is 0. The summed E-state index contributed by atoms with van der Waals surface area (Å²) in [5.41, 5.74) is 0. The van der Waals surface area contributed by atoms with E-state index in [1.807, 2.05) is 0 Å². The van der Waals surface area contributed by atoms with Gasteiger partial charge in [-0.1, -0.05) is 6.42 Å². The molecule has 6 nitrogen and oxygen atoms in total. The highest BCUT2D eigenvalue weighted by molar-refractivity contribution is 5.40. The number of nitrogens with zero attached hydrogens (tertiary/aromatic N) is 4. The molecule has 0 aromatic carbocycles. The first kappa shape index (κ1) is 14.1. The Hall–Kier alpha value is -1.56. The Bertz CT molecular complexity index is 513. The van der Waals surface area contributed by atoms with Crippen molar-refractivity contribution in [3.63, 3.8) is 0 Å². The number of likely N-dealkylation sites (tertiary alicyclic amines) is 1. The molecular weight excluding hydrogens is 280 g/mol. The maximum atomic E-state index is 5.22. The van der Waals surface area contributed by atoms with Gasteiger partial charge in [-0.05, 0) is 24.7 Å². The van der Waals surface area contributed by atoms with Gasteiger partial charge in [-0.25, -0.2) is 0 Å². The molecule has 3 heterocycles. The molecule has 2 saturated heterocycles. The number of ether oxygens (including phenoxy) is 2. The lowest BCUT2D eigenvalue weighted by Gasteiger charge is -2.44. The summed E-state index contributed by atoms with van der Waals surface area (Å²) in [5.74, 6) is 3.75. The second kappa shape index (κ2) is 5.57. The van der Waals surface area contributed by atoms with E-state index in [0.717, 1.165) is 24.9 Å². The fourth-order valence-corrected chi connectivity index (χ4v) is 4.16. The van der Waals surface area contributed by atoms with E-state index in [9.17, 15) is 0 Å². The van der Waals surface area contributed by atoms with Gasteiger partial charge in [-0.15, -0.1) is 0 Å². The number of aromatic nitrogens is 2. The fourth-order valence-electron chi connectivity index (χ4n) is 4.16. The lowest BCUT2D eigenvalue weighted by molar-refractivity contribution is 0.188. The zero-order chi connectivity index (χ0) is 15.1. The molecule has 1 aromatic rings. The molecule has 2 unspecified atom stereocenters. The monoisotopic (exact) mass is 304 g/mol. The Kier molecular flexibility index (Phi) is 3.56. The Morgan fingerprint density at radius 3 is 2.09 bits per heavy atom. The Morgan fingerprint density at radius 2 is 1.55 bits per heavy atom. The molecule has 0 N–H and O–H groups in total. The zero-order valence-electron chi connectivity index (χ0n) is 13.4. The van der Waals surface area contributed by atoms with E-state index in [4.69, 9.17) is 9.47 Å². The van der Waals surface area contributed by atoms with E-state index in [1.165, 1.54) is 32.4 Å². The lowest BCUT2D eigenvalue weighted by Crippen LogP contribution is -2.59. The first-order valence-electron chi connectivity index (χ1n) is 8.23. The van der Waals surface area contributed by atoms with E-state index in [1.54, 1.807) is 20.3 Å². The molecule has 0 bridgehead atoms. The minimum atomic E-state index is 0.556. The standard InChI is InChI=1S/C16H24N4O2/c1-21-14-6-15(22-2)18-16(17-14)20-9-13(10-20)19-7-11-4-3-5-12(11)8-19/h6,11-13H,3-5,7-10H2,1-2H3. The normalized spacial score (nSPS) is 28.5. The molecule has 0 radical (unpaired) electrons. The van der Waals surface area contributed by atoms with Crippen molar-refractivity contribution in [2.75, 3.05) is 45.3 Å². The van der Waals surface area contributed by atoms with Crippen LogP contribution in [0.15, 0.2) is 6.07 Å². The van der Waals surface area contributed by atoms with Crippen molar-refractivity contribution < 1.29 is 9.47 Å². The van der Waals surface area contributed by atoms with Crippen molar-refractivity contribution in [2.45, 2.75) is 25.3 Å². The highest BCUT2D eigenvalue weighted by Crippen LogP contribution is 2.39. The third-order valence-electron chi connectivity index (χ3n) is 5.50. The summed E-state index contributed by atoms with van der Waals surface area (Å²) in [4.78, 5) is 13.8. The Labute approximate surface area is 131 Å². The predicted molar refractivity (Wildman–Crippen MR) is 83.5 cm³/mol. The molecule has 1 saturated carbocycles. The second-order valence-corrected chi connectivity index (χ2v) is 6.72. The van der Waals surface area contributed by atoms with E-state index < -0.39 is 0 Å². The van der Waals surface area contributed by atoms with Gasteiger partial charge in [0.25, 0.3) is 0 Å². The quantitative estimate of drug-likeness (QED) is 0.838. The van der Waals surface area contributed by atoms with E-state index in [0.29, 0.717) is 23.8 Å². The van der Waals surface area contributed by atoms with Crippen LogP contribution in [0.4, 0.5) is 5.95 Å². The average molecular weight is 304 g/mol. The molecule has 2 atom stereocenters. The van der Waals surface area contributed by atoms with Crippen LogP contribution in [-0.2, 0) is 0 Å². The van der Waals surface area contributed by atoms with Crippen LogP contribution < -0.4 is 14.4 Å². The molecule has 6 heteroatoms. The van der Waals surface area contributed by atoms with Crippen molar-refractivity contribution >= 4 is 5.95 Å². The van der Waals surface area contributed by atoms with Gasteiger partial charge in [-0.2, -0.15) is 9.97 Å². The number of fused-ring (bicyclic) bond motifs is 1. The third kappa shape index (κ3) is 2.39. The van der Waals surface area contributed by atoms with Gasteiger partial charge >= 0.3 is 0 Å². The number of hydrogen-bond donors (Lipinski definition) is 0. The highest BCUT2D eigenvalue weighted by Gasteiger charge is 2.42. The van der Waals surface area contributed by atoms with E-state index in [-0.39, 0.29) is 0 Å². The number of hydrogen-bond acceptors (Lipinski definition) is 6. The van der Waals surface area contributed by atoms with E-state index >= 15 is 0 Å². The van der Waals surface area contributed by atoms with Crippen LogP contribution in [0.2, 0.25) is 0 Å². The average Bonchev–Trinajstić information content (AvgIpc) is 3.06. The summed E-state index contributed by atoms with van der Waals surface area (Å²) >= 11 is 0. The molecule has 4 rings (SSSR count). The Morgan fingerprint density at radius 1 is 0.955 bits per heavy atom. The van der Waals surface area contributed by atoms with Crippen molar-refractivity contribution in [1.29, 1.82) is 0 Å². The van der Waals surface area contributed by atoms with Crippen LogP contribution >= 0.6 is 0 Å². The number of methoxy groups -OCH3 is 2. The molecule has 2 aliphatic heterocycles. The largest absolute Gasteiger partial charge is 0.481 e. The summed E-state index contributed by atoms with van der Waals surface area (Å²) < 4.78 is 10.4. The third-order valence-corrected chi connectivity index (χ3v) is 5.50. The van der Waals surface area contributed by atoms with Gasteiger partial charge in [0.2, 0.25) is 17.7 Å². The number of rotatable bonds is 4. The first-order chi connectivity index (χ1) is 10.8. The molecule has 0 amide bonds. The van der Waals surface area contributed by atoms with Crippen molar-refractivity contribution in [1.82, 2.24) is 14.9 Å². The van der Waals surface area contributed by atoms with Crippen LogP contribution in [0.5, 0.6) is 11.8 Å². The predicted octanol–water partition coefficient (Wildman–Crippen LogP) is 1.41. The maximum Gasteiger partial charge on any atom is 0.232 e. The fraction of sp³-hybridized carbons (Fsp3) is 0.750. The molecule has 0 spiro atoms. The molecule has 22 heavy (non-hydrogen) atoms. The summed E-state index contributed by atoms with van der Waals surface area (Å²) in [6, 6.07) is 2.37. The summed E-state index contributed by atoms with van der Waals surface area (Å²) in [7, 11) is 3.24. The van der Waals surface area contributed by atoms with Crippen molar-refractivity contribution in [2.24, 2.45) is 11.8 Å². The molecule has 1 aliphatic carbocycles. The maximum absolute atomic E-state index is 5.22.